The molecule has 1 fully saturated rings. The van der Waals surface area contributed by atoms with Crippen molar-refractivity contribution >= 4 is 34.5 Å². The summed E-state index contributed by atoms with van der Waals surface area (Å²) in [6.07, 6.45) is 1.53. The smallest absolute Gasteiger partial charge is 0.247 e. The van der Waals surface area contributed by atoms with Crippen LogP contribution >= 0.6 is 17.0 Å². The van der Waals surface area contributed by atoms with E-state index in [2.05, 4.69) is 5.32 Å². The van der Waals surface area contributed by atoms with E-state index in [0.29, 0.717) is 13.0 Å². The van der Waals surface area contributed by atoms with Crippen LogP contribution in [-0.4, -0.2) is 35.3 Å². The fourth-order valence-corrected chi connectivity index (χ4v) is 2.31. The van der Waals surface area contributed by atoms with Crippen molar-refractivity contribution in [1.29, 1.82) is 0 Å². The van der Waals surface area contributed by atoms with Gasteiger partial charge in [-0.05, 0) is 31.9 Å². The van der Waals surface area contributed by atoms with E-state index in [1.807, 2.05) is 30.3 Å². The van der Waals surface area contributed by atoms with Gasteiger partial charge in [0.2, 0.25) is 11.8 Å². The molecule has 20 heavy (non-hydrogen) atoms. The number of hydrogen-bond donors (Lipinski definition) is 2. The Kier molecular flexibility index (Phi) is 6.16. The van der Waals surface area contributed by atoms with E-state index >= 15 is 0 Å². The number of rotatable bonds is 3. The third-order valence-electron chi connectivity index (χ3n) is 3.27. The quantitative estimate of drug-likeness (QED) is 0.875. The van der Waals surface area contributed by atoms with Crippen molar-refractivity contribution in [3.63, 3.8) is 0 Å². The van der Waals surface area contributed by atoms with E-state index in [0.717, 1.165) is 12.1 Å². The molecular weight excluding hydrogens is 322 g/mol. The minimum atomic E-state index is -0.565. The number of nitrogens with one attached hydrogen (secondary N) is 1. The molecule has 2 rings (SSSR count). The Labute approximate surface area is 129 Å². The largest absolute Gasteiger partial charge is 0.329 e. The Morgan fingerprint density at radius 1 is 1.35 bits per heavy atom. The van der Waals surface area contributed by atoms with Gasteiger partial charge in [-0.3, -0.25) is 9.59 Å². The average Bonchev–Trinajstić information content (AvgIpc) is 2.88. The number of anilines is 1. The molecule has 0 radical (unpaired) electrons. The van der Waals surface area contributed by atoms with Gasteiger partial charge in [0.15, 0.2) is 0 Å². The van der Waals surface area contributed by atoms with Crippen LogP contribution in [0.25, 0.3) is 0 Å². The molecule has 2 atom stereocenters. The number of nitrogens with two attached hydrogens (primary N) is 1. The first kappa shape index (κ1) is 16.7. The van der Waals surface area contributed by atoms with E-state index in [4.69, 9.17) is 5.73 Å². The van der Waals surface area contributed by atoms with Gasteiger partial charge in [0.1, 0.15) is 6.04 Å². The van der Waals surface area contributed by atoms with Crippen LogP contribution in [0.1, 0.15) is 19.8 Å². The SMILES string of the molecule is Br.C[C@H](N)C(=O)N1CCC[C@H]1C(=O)Nc1ccccc1. The lowest BCUT2D eigenvalue weighted by Gasteiger charge is -2.25. The monoisotopic (exact) mass is 341 g/mol. The van der Waals surface area contributed by atoms with Gasteiger partial charge in [-0.15, -0.1) is 17.0 Å². The Morgan fingerprint density at radius 3 is 2.60 bits per heavy atom. The standard InChI is InChI=1S/C14H19N3O2.BrH/c1-10(15)14(19)17-9-5-8-12(17)13(18)16-11-6-3-2-4-7-11;/h2-4,6-7,10,12H,5,8-9,15H2,1H3,(H,16,18);1H/t10-,12-;/m0./s1. The molecule has 1 heterocycles. The number of hydrogen-bond acceptors (Lipinski definition) is 3. The summed E-state index contributed by atoms with van der Waals surface area (Å²) < 4.78 is 0. The number of para-hydroxylation sites is 1. The lowest BCUT2D eigenvalue weighted by Crippen LogP contribution is -2.48. The first-order valence-electron chi connectivity index (χ1n) is 6.51. The van der Waals surface area contributed by atoms with Gasteiger partial charge in [0.25, 0.3) is 0 Å². The Balaban J connectivity index is 0.00000200. The zero-order chi connectivity index (χ0) is 13.8. The molecule has 0 saturated carbocycles. The highest BCUT2D eigenvalue weighted by Gasteiger charge is 2.34. The van der Waals surface area contributed by atoms with E-state index in [9.17, 15) is 9.59 Å². The second kappa shape index (κ2) is 7.40. The molecule has 0 bridgehead atoms. The van der Waals surface area contributed by atoms with Crippen LogP contribution in [0.15, 0.2) is 30.3 Å². The summed E-state index contributed by atoms with van der Waals surface area (Å²) in [6.45, 7) is 2.25. The summed E-state index contributed by atoms with van der Waals surface area (Å²) in [5.74, 6) is -0.302. The molecule has 1 aliphatic rings. The average molecular weight is 342 g/mol. The molecule has 5 nitrogen and oxygen atoms in total. The number of likely N-dealkylation sites (tertiary alicyclic amines) is 1. The molecule has 3 N–H and O–H groups in total. The van der Waals surface area contributed by atoms with E-state index in [-0.39, 0.29) is 28.8 Å². The van der Waals surface area contributed by atoms with Crippen LogP contribution in [0.3, 0.4) is 0 Å². The van der Waals surface area contributed by atoms with Crippen molar-refractivity contribution in [3.05, 3.63) is 30.3 Å². The van der Waals surface area contributed by atoms with Crippen molar-refractivity contribution in [1.82, 2.24) is 4.90 Å². The molecular formula is C14H20BrN3O2. The van der Waals surface area contributed by atoms with Crippen LogP contribution in [0.4, 0.5) is 5.69 Å². The molecule has 0 aliphatic carbocycles. The lowest BCUT2D eigenvalue weighted by atomic mass is 10.2. The van der Waals surface area contributed by atoms with Gasteiger partial charge in [0.05, 0.1) is 6.04 Å². The van der Waals surface area contributed by atoms with Crippen molar-refractivity contribution in [2.24, 2.45) is 5.73 Å². The number of amides is 2. The molecule has 1 saturated heterocycles. The highest BCUT2D eigenvalue weighted by Crippen LogP contribution is 2.19. The Bertz CT molecular complexity index is 465. The number of carbonyl (C=O) groups is 2. The predicted molar refractivity (Wildman–Crippen MR) is 83.8 cm³/mol. The van der Waals surface area contributed by atoms with Crippen LogP contribution < -0.4 is 11.1 Å². The fourth-order valence-electron chi connectivity index (χ4n) is 2.31. The number of carbonyl (C=O) groups excluding carboxylic acids is 2. The van der Waals surface area contributed by atoms with Gasteiger partial charge in [-0.1, -0.05) is 18.2 Å². The molecule has 0 aromatic heterocycles. The highest BCUT2D eigenvalue weighted by atomic mass is 79.9. The molecule has 0 unspecified atom stereocenters. The minimum absolute atomic E-state index is 0. The topological polar surface area (TPSA) is 75.4 Å². The molecule has 0 spiro atoms. The Morgan fingerprint density at radius 2 is 2.00 bits per heavy atom. The van der Waals surface area contributed by atoms with Crippen LogP contribution in [0.5, 0.6) is 0 Å². The zero-order valence-corrected chi connectivity index (χ0v) is 13.1. The van der Waals surface area contributed by atoms with Gasteiger partial charge < -0.3 is 16.0 Å². The van der Waals surface area contributed by atoms with Crippen molar-refractivity contribution < 1.29 is 9.59 Å². The predicted octanol–water partition coefficient (Wildman–Crippen LogP) is 1.54. The molecule has 110 valence electrons. The van der Waals surface area contributed by atoms with Crippen molar-refractivity contribution in [2.75, 3.05) is 11.9 Å². The van der Waals surface area contributed by atoms with Gasteiger partial charge in [-0.2, -0.15) is 0 Å². The zero-order valence-electron chi connectivity index (χ0n) is 11.4. The number of benzene rings is 1. The minimum Gasteiger partial charge on any atom is -0.329 e. The molecule has 6 heteroatoms. The highest BCUT2D eigenvalue weighted by molar-refractivity contribution is 8.93. The third kappa shape index (κ3) is 3.80. The number of halogens is 1. The molecule has 1 aromatic rings. The molecule has 2 amide bonds. The summed E-state index contributed by atoms with van der Waals surface area (Å²) in [6, 6.07) is 8.28. The van der Waals surface area contributed by atoms with Crippen molar-refractivity contribution in [2.45, 2.75) is 31.8 Å². The molecule has 1 aliphatic heterocycles. The lowest BCUT2D eigenvalue weighted by molar-refractivity contribution is -0.137. The summed E-state index contributed by atoms with van der Waals surface area (Å²) in [5, 5.41) is 2.83. The maximum Gasteiger partial charge on any atom is 0.247 e. The maximum absolute atomic E-state index is 12.2. The van der Waals surface area contributed by atoms with Crippen LogP contribution in [0, 0.1) is 0 Å². The summed E-state index contributed by atoms with van der Waals surface area (Å²) in [7, 11) is 0. The summed E-state index contributed by atoms with van der Waals surface area (Å²) >= 11 is 0. The normalized spacial score (nSPS) is 19.1. The fraction of sp³-hybridized carbons (Fsp3) is 0.429. The van der Waals surface area contributed by atoms with Crippen LogP contribution in [-0.2, 0) is 9.59 Å². The van der Waals surface area contributed by atoms with E-state index < -0.39 is 12.1 Å². The van der Waals surface area contributed by atoms with Gasteiger partial charge in [0, 0.05) is 12.2 Å². The summed E-state index contributed by atoms with van der Waals surface area (Å²) in [4.78, 5) is 25.7. The van der Waals surface area contributed by atoms with Crippen molar-refractivity contribution in [3.8, 4) is 0 Å². The second-order valence-corrected chi connectivity index (χ2v) is 4.83. The van der Waals surface area contributed by atoms with Crippen LogP contribution in [0.2, 0.25) is 0 Å². The first-order chi connectivity index (χ1) is 9.09. The number of nitrogens with zero attached hydrogens (tertiary/aromatic N) is 1. The maximum atomic E-state index is 12.2. The third-order valence-corrected chi connectivity index (χ3v) is 3.27. The van der Waals surface area contributed by atoms with E-state index in [1.165, 1.54) is 0 Å². The van der Waals surface area contributed by atoms with Gasteiger partial charge >= 0.3 is 0 Å². The molecule has 1 aromatic carbocycles. The summed E-state index contributed by atoms with van der Waals surface area (Å²) in [5.41, 5.74) is 6.35. The Hall–Kier alpha value is -1.40. The second-order valence-electron chi connectivity index (χ2n) is 4.83. The first-order valence-corrected chi connectivity index (χ1v) is 6.51. The van der Waals surface area contributed by atoms with Gasteiger partial charge in [-0.25, -0.2) is 0 Å². The van der Waals surface area contributed by atoms with E-state index in [1.54, 1.807) is 11.8 Å².